The maximum Gasteiger partial charge on any atom is 0.279 e. The summed E-state index contributed by atoms with van der Waals surface area (Å²) in [6, 6.07) is -0.235. The highest BCUT2D eigenvalue weighted by molar-refractivity contribution is 8.14. The van der Waals surface area contributed by atoms with Crippen molar-refractivity contribution >= 4 is 35.3 Å². The van der Waals surface area contributed by atoms with Crippen molar-refractivity contribution in [1.29, 1.82) is 0 Å². The Balaban J connectivity index is 0.00000112. The van der Waals surface area contributed by atoms with E-state index in [9.17, 15) is 9.59 Å². The lowest BCUT2D eigenvalue weighted by Crippen LogP contribution is -2.45. The molecule has 2 aliphatic rings. The van der Waals surface area contributed by atoms with Gasteiger partial charge in [-0.15, -0.1) is 12.4 Å². The zero-order chi connectivity index (χ0) is 10.1. The van der Waals surface area contributed by atoms with Crippen molar-refractivity contribution in [3.8, 4) is 0 Å². The summed E-state index contributed by atoms with van der Waals surface area (Å²) in [5.74, 6) is 0.556. The fourth-order valence-electron chi connectivity index (χ4n) is 1.73. The van der Waals surface area contributed by atoms with Crippen LogP contribution in [0.1, 0.15) is 6.42 Å². The van der Waals surface area contributed by atoms with E-state index in [2.05, 4.69) is 5.32 Å². The molecule has 7 heteroatoms. The number of thioether (sulfide) groups is 1. The lowest BCUT2D eigenvalue weighted by atomic mass is 10.3. The Morgan fingerprint density at radius 3 is 2.80 bits per heavy atom. The van der Waals surface area contributed by atoms with Gasteiger partial charge in [-0.05, 0) is 6.42 Å². The summed E-state index contributed by atoms with van der Waals surface area (Å²) in [5.41, 5.74) is 5.70. The fraction of sp³-hybridized carbons (Fsp3) is 0.750. The summed E-state index contributed by atoms with van der Waals surface area (Å²) >= 11 is 1.16. The highest BCUT2D eigenvalue weighted by Crippen LogP contribution is 2.17. The van der Waals surface area contributed by atoms with Gasteiger partial charge in [-0.2, -0.15) is 0 Å². The molecule has 86 valence electrons. The lowest BCUT2D eigenvalue weighted by Gasteiger charge is -2.19. The third-order valence-electron chi connectivity index (χ3n) is 2.51. The molecule has 0 aromatic carbocycles. The number of nitrogens with one attached hydrogen (secondary N) is 1. The summed E-state index contributed by atoms with van der Waals surface area (Å²) in [5, 5.41) is 2.53. The molecule has 2 fully saturated rings. The molecule has 3 N–H and O–H groups in total. The van der Waals surface area contributed by atoms with E-state index in [0.29, 0.717) is 12.3 Å². The summed E-state index contributed by atoms with van der Waals surface area (Å²) in [6.07, 6.45) is 0.861. The van der Waals surface area contributed by atoms with E-state index in [0.717, 1.165) is 24.7 Å². The predicted molar refractivity (Wildman–Crippen MR) is 61.2 cm³/mol. The van der Waals surface area contributed by atoms with E-state index in [1.807, 2.05) is 0 Å². The van der Waals surface area contributed by atoms with Crippen LogP contribution in [0.2, 0.25) is 0 Å². The van der Waals surface area contributed by atoms with Gasteiger partial charge in [0.15, 0.2) is 0 Å². The zero-order valence-electron chi connectivity index (χ0n) is 8.14. The molecule has 2 rings (SSSR count). The highest BCUT2D eigenvalue weighted by Gasteiger charge is 2.33. The van der Waals surface area contributed by atoms with Crippen LogP contribution in [0.25, 0.3) is 0 Å². The second-order valence-corrected chi connectivity index (χ2v) is 4.62. The van der Waals surface area contributed by atoms with Crippen LogP contribution < -0.4 is 11.1 Å². The number of likely N-dealkylation sites (tertiary alicyclic amines) is 1. The monoisotopic (exact) mass is 251 g/mol. The summed E-state index contributed by atoms with van der Waals surface area (Å²) < 4.78 is 0. The van der Waals surface area contributed by atoms with Gasteiger partial charge in [0.05, 0.1) is 0 Å². The number of hydrogen-bond acceptors (Lipinski definition) is 4. The zero-order valence-corrected chi connectivity index (χ0v) is 9.77. The lowest BCUT2D eigenvalue weighted by molar-refractivity contribution is -0.131. The third kappa shape index (κ3) is 2.76. The number of carbonyl (C=O) groups excluding carboxylic acids is 2. The first kappa shape index (κ1) is 12.6. The Bertz CT molecular complexity index is 277. The van der Waals surface area contributed by atoms with Crippen molar-refractivity contribution in [2.24, 2.45) is 5.73 Å². The molecule has 0 radical (unpaired) electrons. The van der Waals surface area contributed by atoms with Crippen LogP contribution in [-0.2, 0) is 4.79 Å². The minimum atomic E-state index is -0.335. The Kier molecular flexibility index (Phi) is 4.24. The van der Waals surface area contributed by atoms with Crippen LogP contribution in [0, 0.1) is 0 Å². The number of carbonyl (C=O) groups is 2. The number of nitrogens with zero attached hydrogens (tertiary/aromatic N) is 1. The average Bonchev–Trinajstić information content (AvgIpc) is 2.73. The summed E-state index contributed by atoms with van der Waals surface area (Å²) in [7, 11) is 0. The standard InChI is InChI=1S/C8H13N3O2S.ClH/c9-5-1-2-11(3-5)7(12)6-4-14-8(13)10-6;/h5-6H,1-4,9H2,(H,10,13);1H/t5?,6-;/m0./s1. The number of amides is 2. The first-order valence-electron chi connectivity index (χ1n) is 4.64. The van der Waals surface area contributed by atoms with E-state index in [1.54, 1.807) is 4.90 Å². The molecule has 2 heterocycles. The topological polar surface area (TPSA) is 75.4 Å². The molecule has 0 aromatic heterocycles. The molecule has 5 nitrogen and oxygen atoms in total. The molecule has 0 aromatic rings. The molecule has 0 aliphatic carbocycles. The molecule has 2 saturated heterocycles. The molecule has 2 atom stereocenters. The van der Waals surface area contributed by atoms with Crippen molar-refractivity contribution < 1.29 is 9.59 Å². The summed E-state index contributed by atoms with van der Waals surface area (Å²) in [6.45, 7) is 1.34. The van der Waals surface area contributed by atoms with Gasteiger partial charge in [0.25, 0.3) is 5.24 Å². The Morgan fingerprint density at radius 2 is 2.33 bits per heavy atom. The molecular weight excluding hydrogens is 238 g/mol. The minimum absolute atomic E-state index is 0. The van der Waals surface area contributed by atoms with Gasteiger partial charge in [-0.25, -0.2) is 0 Å². The number of rotatable bonds is 1. The van der Waals surface area contributed by atoms with Crippen LogP contribution in [0.15, 0.2) is 0 Å². The van der Waals surface area contributed by atoms with Crippen molar-refractivity contribution in [3.63, 3.8) is 0 Å². The van der Waals surface area contributed by atoms with Gasteiger partial charge in [-0.3, -0.25) is 9.59 Å². The minimum Gasteiger partial charge on any atom is -0.339 e. The second-order valence-electron chi connectivity index (χ2n) is 3.63. The molecule has 0 saturated carbocycles. The largest absolute Gasteiger partial charge is 0.339 e. The van der Waals surface area contributed by atoms with Gasteiger partial charge in [0, 0.05) is 24.9 Å². The molecule has 15 heavy (non-hydrogen) atoms. The number of hydrogen-bond donors (Lipinski definition) is 2. The number of nitrogens with two attached hydrogens (primary N) is 1. The first-order chi connectivity index (χ1) is 6.66. The van der Waals surface area contributed by atoms with Crippen molar-refractivity contribution in [3.05, 3.63) is 0 Å². The van der Waals surface area contributed by atoms with Gasteiger partial charge in [0.1, 0.15) is 6.04 Å². The van der Waals surface area contributed by atoms with Gasteiger partial charge >= 0.3 is 0 Å². The Labute approximate surface area is 98.5 Å². The Morgan fingerprint density at radius 1 is 1.60 bits per heavy atom. The van der Waals surface area contributed by atoms with E-state index in [1.165, 1.54) is 0 Å². The number of halogens is 1. The van der Waals surface area contributed by atoms with E-state index in [4.69, 9.17) is 5.73 Å². The van der Waals surface area contributed by atoms with E-state index < -0.39 is 0 Å². The van der Waals surface area contributed by atoms with Crippen molar-refractivity contribution in [1.82, 2.24) is 10.2 Å². The quantitative estimate of drug-likeness (QED) is 0.677. The maximum atomic E-state index is 11.8. The molecule has 0 spiro atoms. The summed E-state index contributed by atoms with van der Waals surface area (Å²) in [4.78, 5) is 24.4. The van der Waals surface area contributed by atoms with Crippen molar-refractivity contribution in [2.45, 2.75) is 18.5 Å². The van der Waals surface area contributed by atoms with Gasteiger partial charge < -0.3 is 16.0 Å². The third-order valence-corrected chi connectivity index (χ3v) is 3.39. The SMILES string of the molecule is Cl.NC1CCN(C(=O)[C@@H]2CSC(=O)N2)C1. The van der Waals surface area contributed by atoms with Crippen LogP contribution in [0.5, 0.6) is 0 Å². The van der Waals surface area contributed by atoms with Crippen LogP contribution in [0.4, 0.5) is 4.79 Å². The maximum absolute atomic E-state index is 11.8. The molecule has 2 aliphatic heterocycles. The normalized spacial score (nSPS) is 29.9. The van der Waals surface area contributed by atoms with Crippen molar-refractivity contribution in [2.75, 3.05) is 18.8 Å². The average molecular weight is 252 g/mol. The first-order valence-corrected chi connectivity index (χ1v) is 5.63. The highest BCUT2D eigenvalue weighted by atomic mass is 35.5. The van der Waals surface area contributed by atoms with Gasteiger partial charge in [0.2, 0.25) is 5.91 Å². The van der Waals surface area contributed by atoms with E-state index in [-0.39, 0.29) is 35.6 Å². The van der Waals surface area contributed by atoms with Crippen LogP contribution >= 0.6 is 24.2 Å². The molecular formula is C8H14ClN3O2S. The van der Waals surface area contributed by atoms with Crippen LogP contribution in [0.3, 0.4) is 0 Å². The molecule has 0 bridgehead atoms. The van der Waals surface area contributed by atoms with Crippen LogP contribution in [-0.4, -0.2) is 47.0 Å². The molecule has 1 unspecified atom stereocenters. The fourth-order valence-corrected chi connectivity index (χ4v) is 2.50. The van der Waals surface area contributed by atoms with E-state index >= 15 is 0 Å². The smallest absolute Gasteiger partial charge is 0.279 e. The second kappa shape index (κ2) is 5.05. The Hall–Kier alpha value is -0.460. The predicted octanol–water partition coefficient (Wildman–Crippen LogP) is -0.207. The van der Waals surface area contributed by atoms with Gasteiger partial charge in [-0.1, -0.05) is 11.8 Å². The molecule has 2 amide bonds.